The first-order valence-corrected chi connectivity index (χ1v) is 9.61. The minimum atomic E-state index is -0.678. The van der Waals surface area contributed by atoms with Crippen LogP contribution in [0.2, 0.25) is 0 Å². The van der Waals surface area contributed by atoms with Crippen LogP contribution in [0.5, 0.6) is 11.5 Å². The van der Waals surface area contributed by atoms with Gasteiger partial charge in [-0.15, -0.1) is 0 Å². The van der Waals surface area contributed by atoms with E-state index in [-0.39, 0.29) is 35.0 Å². The summed E-state index contributed by atoms with van der Waals surface area (Å²) in [7, 11) is 0. The van der Waals surface area contributed by atoms with Crippen LogP contribution in [0.25, 0.3) is 11.0 Å². The smallest absolute Gasteiger partial charge is 0.349 e. The van der Waals surface area contributed by atoms with Crippen LogP contribution < -0.4 is 10.4 Å². The van der Waals surface area contributed by atoms with Crippen LogP contribution in [-0.4, -0.2) is 29.8 Å². The first-order valence-electron chi connectivity index (χ1n) is 9.61. The molecule has 3 atom stereocenters. The molecule has 7 heteroatoms. The minimum absolute atomic E-state index is 0.00700. The highest BCUT2D eigenvalue weighted by atomic mass is 16.7. The van der Waals surface area contributed by atoms with E-state index in [9.17, 15) is 9.90 Å². The maximum atomic E-state index is 12.5. The molecule has 2 aromatic rings. The second-order valence-electron chi connectivity index (χ2n) is 7.22. The lowest BCUT2D eigenvalue weighted by Gasteiger charge is -2.33. The molecule has 0 amide bonds. The van der Waals surface area contributed by atoms with E-state index in [2.05, 4.69) is 12.1 Å². The van der Waals surface area contributed by atoms with Gasteiger partial charge in [0.25, 0.3) is 0 Å². The highest BCUT2D eigenvalue weighted by Crippen LogP contribution is 2.35. The Morgan fingerprint density at radius 3 is 2.75 bits per heavy atom. The van der Waals surface area contributed by atoms with Crippen molar-refractivity contribution in [2.75, 3.05) is 6.61 Å². The zero-order chi connectivity index (χ0) is 20.4. The number of hydrogen-bond donors (Lipinski definition) is 1. The molecule has 2 heterocycles. The van der Waals surface area contributed by atoms with Crippen molar-refractivity contribution < 1.29 is 23.8 Å². The second-order valence-corrected chi connectivity index (χ2v) is 7.22. The van der Waals surface area contributed by atoms with Crippen LogP contribution >= 0.6 is 0 Å². The van der Waals surface area contributed by atoms with Gasteiger partial charge in [-0.05, 0) is 52.2 Å². The molecule has 28 heavy (non-hydrogen) atoms. The van der Waals surface area contributed by atoms with Crippen molar-refractivity contribution in [2.24, 2.45) is 11.1 Å². The molecule has 0 aliphatic carbocycles. The summed E-state index contributed by atoms with van der Waals surface area (Å²) in [5.74, 6) is 0.875. The van der Waals surface area contributed by atoms with Crippen molar-refractivity contribution in [1.29, 1.82) is 0 Å². The molecule has 1 fully saturated rings. The molecule has 0 radical (unpaired) electrons. The molecule has 1 unspecified atom stereocenters. The SMILES string of the molecule is CCO/N=C(\C)c1c(O)c2ccc(OC3CC[C@@H](C)[C@@H](C)O3)c(C)c2oc1=O. The number of aryl methyl sites for hydroxylation is 1. The Labute approximate surface area is 163 Å². The molecule has 0 saturated carbocycles. The second kappa shape index (κ2) is 8.22. The number of nitrogens with zero attached hydrogens (tertiary/aromatic N) is 1. The molecule has 1 saturated heterocycles. The third kappa shape index (κ3) is 3.85. The number of fused-ring (bicyclic) bond motifs is 1. The summed E-state index contributed by atoms with van der Waals surface area (Å²) in [5, 5.41) is 14.9. The number of hydrogen-bond acceptors (Lipinski definition) is 7. The van der Waals surface area contributed by atoms with E-state index in [0.717, 1.165) is 12.8 Å². The fourth-order valence-corrected chi connectivity index (χ4v) is 3.32. The topological polar surface area (TPSA) is 90.5 Å². The van der Waals surface area contributed by atoms with Gasteiger partial charge in [-0.25, -0.2) is 4.79 Å². The van der Waals surface area contributed by atoms with Crippen LogP contribution in [0, 0.1) is 12.8 Å². The van der Waals surface area contributed by atoms with Crippen LogP contribution in [0.3, 0.4) is 0 Å². The van der Waals surface area contributed by atoms with Gasteiger partial charge in [0.15, 0.2) is 6.29 Å². The van der Waals surface area contributed by atoms with Crippen molar-refractivity contribution in [1.82, 2.24) is 0 Å². The van der Waals surface area contributed by atoms with Gasteiger partial charge in [0, 0.05) is 12.0 Å². The summed E-state index contributed by atoms with van der Waals surface area (Å²) in [5.41, 5.74) is 0.484. The van der Waals surface area contributed by atoms with Crippen molar-refractivity contribution in [3.63, 3.8) is 0 Å². The summed E-state index contributed by atoms with van der Waals surface area (Å²) >= 11 is 0. The number of rotatable bonds is 5. The number of aromatic hydroxyl groups is 1. The van der Waals surface area contributed by atoms with E-state index in [1.807, 2.05) is 6.92 Å². The van der Waals surface area contributed by atoms with E-state index in [1.54, 1.807) is 32.9 Å². The fraction of sp³-hybridized carbons (Fsp3) is 0.524. The summed E-state index contributed by atoms with van der Waals surface area (Å²) in [6.07, 6.45) is 1.60. The molecule has 1 aromatic heterocycles. The lowest BCUT2D eigenvalue weighted by molar-refractivity contribution is -0.159. The average Bonchev–Trinajstić information content (AvgIpc) is 2.65. The predicted molar refractivity (Wildman–Crippen MR) is 106 cm³/mol. The average molecular weight is 389 g/mol. The van der Waals surface area contributed by atoms with Crippen LogP contribution in [0.15, 0.2) is 26.5 Å². The van der Waals surface area contributed by atoms with E-state index in [0.29, 0.717) is 29.2 Å². The van der Waals surface area contributed by atoms with Gasteiger partial charge in [0.05, 0.1) is 17.2 Å². The van der Waals surface area contributed by atoms with E-state index < -0.39 is 5.63 Å². The molecular weight excluding hydrogens is 362 g/mol. The maximum absolute atomic E-state index is 12.5. The molecule has 1 aliphatic rings. The molecule has 0 bridgehead atoms. The largest absolute Gasteiger partial charge is 0.506 e. The van der Waals surface area contributed by atoms with Crippen LogP contribution in [0.1, 0.15) is 51.7 Å². The van der Waals surface area contributed by atoms with Crippen molar-refractivity contribution in [3.8, 4) is 11.5 Å². The Bertz CT molecular complexity index is 948. The molecule has 0 spiro atoms. The molecule has 152 valence electrons. The summed E-state index contributed by atoms with van der Waals surface area (Å²) < 4.78 is 17.4. The predicted octanol–water partition coefficient (Wildman–Crippen LogP) is 4.11. The van der Waals surface area contributed by atoms with Crippen molar-refractivity contribution >= 4 is 16.7 Å². The first kappa shape index (κ1) is 20.2. The molecular formula is C21H27NO6. The van der Waals surface area contributed by atoms with Crippen LogP contribution in [-0.2, 0) is 9.57 Å². The van der Waals surface area contributed by atoms with Gasteiger partial charge in [-0.1, -0.05) is 12.1 Å². The van der Waals surface area contributed by atoms with Gasteiger partial charge in [0.1, 0.15) is 29.3 Å². The lowest BCUT2D eigenvalue weighted by atomic mass is 9.97. The van der Waals surface area contributed by atoms with Gasteiger partial charge in [-0.3, -0.25) is 0 Å². The van der Waals surface area contributed by atoms with Gasteiger partial charge in [-0.2, -0.15) is 0 Å². The number of ether oxygens (including phenoxy) is 2. The number of oxime groups is 1. The van der Waals surface area contributed by atoms with Crippen LogP contribution in [0.4, 0.5) is 0 Å². The third-order valence-electron chi connectivity index (χ3n) is 5.22. The Kier molecular flexibility index (Phi) is 5.93. The Hall–Kier alpha value is -2.54. The highest BCUT2D eigenvalue weighted by molar-refractivity contribution is 6.04. The Morgan fingerprint density at radius 1 is 1.32 bits per heavy atom. The van der Waals surface area contributed by atoms with E-state index in [1.165, 1.54) is 0 Å². The van der Waals surface area contributed by atoms with Gasteiger partial charge < -0.3 is 23.8 Å². The lowest BCUT2D eigenvalue weighted by Crippen LogP contribution is -2.35. The number of benzene rings is 1. The Morgan fingerprint density at radius 2 is 2.07 bits per heavy atom. The monoisotopic (exact) mass is 389 g/mol. The maximum Gasteiger partial charge on any atom is 0.349 e. The molecule has 1 N–H and O–H groups in total. The fourth-order valence-electron chi connectivity index (χ4n) is 3.32. The quantitative estimate of drug-likeness (QED) is 0.470. The normalized spacial score (nSPS) is 23.0. The molecule has 1 aliphatic heterocycles. The minimum Gasteiger partial charge on any atom is -0.506 e. The summed E-state index contributed by atoms with van der Waals surface area (Å²) in [6.45, 7) is 9.71. The zero-order valence-corrected chi connectivity index (χ0v) is 16.9. The van der Waals surface area contributed by atoms with E-state index >= 15 is 0 Å². The van der Waals surface area contributed by atoms with E-state index in [4.69, 9.17) is 18.7 Å². The molecule has 3 rings (SSSR count). The third-order valence-corrected chi connectivity index (χ3v) is 5.22. The van der Waals surface area contributed by atoms with Gasteiger partial charge >= 0.3 is 5.63 Å². The highest BCUT2D eigenvalue weighted by Gasteiger charge is 2.27. The summed E-state index contributed by atoms with van der Waals surface area (Å²) in [4.78, 5) is 17.4. The van der Waals surface area contributed by atoms with Crippen molar-refractivity contribution in [3.05, 3.63) is 33.7 Å². The van der Waals surface area contributed by atoms with Crippen molar-refractivity contribution in [2.45, 2.75) is 59.9 Å². The first-order chi connectivity index (χ1) is 13.3. The molecule has 1 aromatic carbocycles. The standard InChI is InChI=1S/C21H27NO6/c1-6-25-22-13(4)18-19(23)15-8-9-16(12(3)20(15)28-21(18)24)27-17-10-7-11(2)14(5)26-17/h8-9,11,14,17,23H,6-7,10H2,1-5H3/b22-13+/t11-,14-,17?/m1/s1. The molecule has 7 nitrogen and oxygen atoms in total. The Balaban J connectivity index is 1.97. The van der Waals surface area contributed by atoms with Gasteiger partial charge in [0.2, 0.25) is 0 Å². The zero-order valence-electron chi connectivity index (χ0n) is 16.9. The summed E-state index contributed by atoms with van der Waals surface area (Å²) in [6, 6.07) is 3.42.